The summed E-state index contributed by atoms with van der Waals surface area (Å²) in [5.74, 6) is -0.267. The van der Waals surface area contributed by atoms with Gasteiger partial charge in [-0.2, -0.15) is 0 Å². The molecule has 2 aromatic rings. The molecule has 9 heteroatoms. The number of hydrogen-bond donors (Lipinski definition) is 1. The number of sulfonamides is 1. The normalized spacial score (nSPS) is 15.4. The number of hydrogen-bond acceptors (Lipinski definition) is 5. The fraction of sp³-hybridized carbons (Fsp3) is 0.312. The van der Waals surface area contributed by atoms with Crippen molar-refractivity contribution in [3.05, 3.63) is 52.9 Å². The molecule has 1 aromatic carbocycles. The topological polar surface area (TPSA) is 71.5 Å². The molecule has 1 aliphatic heterocycles. The van der Waals surface area contributed by atoms with Crippen LogP contribution in [0.5, 0.6) is 0 Å². The van der Waals surface area contributed by atoms with Gasteiger partial charge in [0.2, 0.25) is 10.0 Å². The van der Waals surface area contributed by atoms with Crippen LogP contribution in [-0.4, -0.2) is 39.7 Å². The third-order valence-corrected chi connectivity index (χ3v) is 5.55. The van der Waals surface area contributed by atoms with Crippen molar-refractivity contribution < 1.29 is 17.5 Å². The van der Waals surface area contributed by atoms with Gasteiger partial charge in [-0.3, -0.25) is 0 Å². The molecule has 0 bridgehead atoms. The van der Waals surface area contributed by atoms with E-state index in [2.05, 4.69) is 9.71 Å². The molecule has 1 saturated heterocycles. The highest BCUT2D eigenvalue weighted by Crippen LogP contribution is 2.23. The molecule has 1 aromatic heterocycles. The molecule has 3 rings (SSSR count). The predicted octanol–water partition coefficient (Wildman–Crippen LogP) is 2.19. The van der Waals surface area contributed by atoms with Gasteiger partial charge in [0.15, 0.2) is 5.82 Å². The zero-order valence-corrected chi connectivity index (χ0v) is 14.9. The first-order chi connectivity index (χ1) is 12.0. The van der Waals surface area contributed by atoms with Crippen molar-refractivity contribution >= 4 is 27.4 Å². The third kappa shape index (κ3) is 4.09. The summed E-state index contributed by atoms with van der Waals surface area (Å²) < 4.78 is 46.5. The lowest BCUT2D eigenvalue weighted by atomic mass is 10.2. The van der Waals surface area contributed by atoms with Crippen LogP contribution in [0.2, 0.25) is 5.02 Å². The SMILES string of the molecule is O=S(=O)(NCc1cccnc1N1CCOCC1)c1cccc(Cl)c1F. The minimum absolute atomic E-state index is 0.00514. The Morgan fingerprint density at radius 3 is 2.76 bits per heavy atom. The third-order valence-electron chi connectivity index (χ3n) is 3.84. The number of anilines is 1. The second kappa shape index (κ2) is 7.65. The van der Waals surface area contributed by atoms with Gasteiger partial charge >= 0.3 is 0 Å². The molecule has 0 saturated carbocycles. The highest BCUT2D eigenvalue weighted by atomic mass is 35.5. The molecule has 2 heterocycles. The summed E-state index contributed by atoms with van der Waals surface area (Å²) in [5.41, 5.74) is 0.704. The van der Waals surface area contributed by atoms with Crippen LogP contribution >= 0.6 is 11.6 Å². The summed E-state index contributed by atoms with van der Waals surface area (Å²) in [4.78, 5) is 5.91. The molecular formula is C16H17ClFN3O3S. The number of aromatic nitrogens is 1. The first kappa shape index (κ1) is 18.1. The number of nitrogens with zero attached hydrogens (tertiary/aromatic N) is 2. The van der Waals surface area contributed by atoms with Gasteiger partial charge in [-0.1, -0.05) is 23.7 Å². The molecule has 1 fully saturated rings. The van der Waals surface area contributed by atoms with E-state index in [9.17, 15) is 12.8 Å². The van der Waals surface area contributed by atoms with Crippen molar-refractivity contribution in [1.82, 2.24) is 9.71 Å². The molecule has 0 unspecified atom stereocenters. The average Bonchev–Trinajstić information content (AvgIpc) is 2.63. The van der Waals surface area contributed by atoms with Crippen LogP contribution in [0.4, 0.5) is 10.2 Å². The maximum absolute atomic E-state index is 14.0. The molecule has 1 N–H and O–H groups in total. The van der Waals surface area contributed by atoms with Gasteiger partial charge in [-0.25, -0.2) is 22.5 Å². The Bertz CT molecular complexity index is 857. The van der Waals surface area contributed by atoms with Crippen LogP contribution in [0.3, 0.4) is 0 Å². The van der Waals surface area contributed by atoms with Gasteiger partial charge in [0.1, 0.15) is 10.7 Å². The molecule has 0 spiro atoms. The predicted molar refractivity (Wildman–Crippen MR) is 92.7 cm³/mol. The Hall–Kier alpha value is -1.74. The summed E-state index contributed by atoms with van der Waals surface area (Å²) in [5, 5.41) is -0.238. The molecule has 0 radical (unpaired) electrons. The molecule has 0 atom stereocenters. The van der Waals surface area contributed by atoms with Crippen LogP contribution in [0, 0.1) is 5.82 Å². The summed E-state index contributed by atoms with van der Waals surface area (Å²) in [6.45, 7) is 2.54. The number of rotatable bonds is 5. The lowest BCUT2D eigenvalue weighted by Crippen LogP contribution is -2.37. The lowest BCUT2D eigenvalue weighted by molar-refractivity contribution is 0.122. The molecule has 0 amide bonds. The Labute approximate surface area is 150 Å². The van der Waals surface area contributed by atoms with E-state index in [-0.39, 0.29) is 11.6 Å². The fourth-order valence-corrected chi connectivity index (χ4v) is 3.91. The van der Waals surface area contributed by atoms with Crippen molar-refractivity contribution in [2.45, 2.75) is 11.4 Å². The maximum Gasteiger partial charge on any atom is 0.243 e. The first-order valence-electron chi connectivity index (χ1n) is 7.69. The van der Waals surface area contributed by atoms with E-state index in [1.54, 1.807) is 18.3 Å². The number of benzene rings is 1. The minimum atomic E-state index is -4.04. The quantitative estimate of drug-likeness (QED) is 0.854. The van der Waals surface area contributed by atoms with Crippen LogP contribution in [-0.2, 0) is 21.3 Å². The highest BCUT2D eigenvalue weighted by molar-refractivity contribution is 7.89. The van der Waals surface area contributed by atoms with Crippen molar-refractivity contribution in [2.24, 2.45) is 0 Å². The fourth-order valence-electron chi connectivity index (χ4n) is 2.57. The Balaban J connectivity index is 1.80. The van der Waals surface area contributed by atoms with Crippen molar-refractivity contribution in [3.63, 3.8) is 0 Å². The van der Waals surface area contributed by atoms with Gasteiger partial charge in [-0.05, 0) is 18.2 Å². The van der Waals surface area contributed by atoms with Gasteiger partial charge in [0.05, 0.1) is 18.2 Å². The van der Waals surface area contributed by atoms with Gasteiger partial charge in [-0.15, -0.1) is 0 Å². The van der Waals surface area contributed by atoms with Crippen molar-refractivity contribution in [1.29, 1.82) is 0 Å². The lowest BCUT2D eigenvalue weighted by Gasteiger charge is -2.29. The number of morpholine rings is 1. The van der Waals surface area contributed by atoms with Crippen LogP contribution in [0.1, 0.15) is 5.56 Å². The summed E-state index contributed by atoms with van der Waals surface area (Å²) >= 11 is 5.67. The smallest absolute Gasteiger partial charge is 0.243 e. The Morgan fingerprint density at radius 1 is 1.24 bits per heavy atom. The van der Waals surface area contributed by atoms with E-state index < -0.39 is 20.7 Å². The summed E-state index contributed by atoms with van der Waals surface area (Å²) in [6.07, 6.45) is 1.65. The van der Waals surface area contributed by atoms with Crippen LogP contribution in [0.15, 0.2) is 41.4 Å². The maximum atomic E-state index is 14.0. The van der Waals surface area contributed by atoms with Crippen molar-refractivity contribution in [2.75, 3.05) is 31.2 Å². The Kier molecular flexibility index (Phi) is 5.53. The van der Waals surface area contributed by atoms with E-state index in [0.717, 1.165) is 0 Å². The van der Waals surface area contributed by atoms with Gasteiger partial charge in [0, 0.05) is 31.4 Å². The number of halogens is 2. The van der Waals surface area contributed by atoms with Crippen molar-refractivity contribution in [3.8, 4) is 0 Å². The first-order valence-corrected chi connectivity index (χ1v) is 9.55. The number of ether oxygens (including phenoxy) is 1. The summed E-state index contributed by atoms with van der Waals surface area (Å²) in [6, 6.07) is 7.38. The monoisotopic (exact) mass is 385 g/mol. The molecule has 6 nitrogen and oxygen atoms in total. The number of nitrogens with one attached hydrogen (secondary N) is 1. The zero-order chi connectivity index (χ0) is 17.9. The molecule has 0 aliphatic carbocycles. The van der Waals surface area contributed by atoms with Gasteiger partial charge < -0.3 is 9.64 Å². The second-order valence-corrected chi connectivity index (χ2v) is 7.60. The summed E-state index contributed by atoms with van der Waals surface area (Å²) in [7, 11) is -4.04. The van der Waals surface area contributed by atoms with Crippen LogP contribution < -0.4 is 9.62 Å². The van der Waals surface area contributed by atoms with Crippen LogP contribution in [0.25, 0.3) is 0 Å². The molecule has 1 aliphatic rings. The van der Waals surface area contributed by atoms with E-state index in [1.165, 1.54) is 18.2 Å². The molecule has 134 valence electrons. The minimum Gasteiger partial charge on any atom is -0.378 e. The Morgan fingerprint density at radius 2 is 2.00 bits per heavy atom. The largest absolute Gasteiger partial charge is 0.378 e. The highest BCUT2D eigenvalue weighted by Gasteiger charge is 2.22. The zero-order valence-electron chi connectivity index (χ0n) is 13.3. The second-order valence-electron chi connectivity index (χ2n) is 5.46. The van der Waals surface area contributed by atoms with E-state index in [0.29, 0.717) is 37.7 Å². The molecule has 25 heavy (non-hydrogen) atoms. The standard InChI is InChI=1S/C16H17ClFN3O3S/c17-13-4-1-5-14(15(13)18)25(22,23)20-11-12-3-2-6-19-16(12)21-7-9-24-10-8-21/h1-6,20H,7-11H2. The van der Waals surface area contributed by atoms with E-state index in [4.69, 9.17) is 16.3 Å². The number of pyridine rings is 1. The van der Waals surface area contributed by atoms with E-state index >= 15 is 0 Å². The van der Waals surface area contributed by atoms with Gasteiger partial charge in [0.25, 0.3) is 0 Å². The average molecular weight is 386 g/mol. The van der Waals surface area contributed by atoms with E-state index in [1.807, 2.05) is 4.90 Å². The molecular weight excluding hydrogens is 369 g/mol.